The first-order valence-electron chi connectivity index (χ1n) is 8.26. The molecule has 0 aliphatic carbocycles. The van der Waals surface area contributed by atoms with Crippen molar-refractivity contribution in [2.45, 2.75) is 20.4 Å². The Hall–Kier alpha value is -2.19. The van der Waals surface area contributed by atoms with Crippen LogP contribution in [-0.2, 0) is 6.54 Å². The summed E-state index contributed by atoms with van der Waals surface area (Å²) in [4.78, 5) is 18.6. The van der Waals surface area contributed by atoms with E-state index < -0.39 is 0 Å². The molecule has 1 amide bonds. The molecule has 1 heterocycles. The molecule has 140 valence electrons. The fourth-order valence-electron chi connectivity index (χ4n) is 2.62. The summed E-state index contributed by atoms with van der Waals surface area (Å²) in [6.07, 6.45) is 0. The minimum Gasteiger partial charge on any atom is -0.506 e. The predicted octanol–water partition coefficient (Wildman–Crippen LogP) is 4.94. The summed E-state index contributed by atoms with van der Waals surface area (Å²) in [5.41, 5.74) is 2.78. The van der Waals surface area contributed by atoms with Gasteiger partial charge < -0.3 is 14.5 Å². The first kappa shape index (κ1) is 19.6. The summed E-state index contributed by atoms with van der Waals surface area (Å²) in [7, 11) is 0. The molecule has 1 N–H and O–H groups in total. The Kier molecular flexibility index (Phi) is 5.96. The lowest BCUT2D eigenvalue weighted by molar-refractivity contribution is 0.0702. The summed E-state index contributed by atoms with van der Waals surface area (Å²) < 4.78 is 6.16. The zero-order chi connectivity index (χ0) is 19.6. The Morgan fingerprint density at radius 2 is 1.93 bits per heavy atom. The Bertz CT molecular complexity index is 965. The zero-order valence-corrected chi connectivity index (χ0v) is 17.9. The Morgan fingerprint density at radius 1 is 1.22 bits per heavy atom. The summed E-state index contributed by atoms with van der Waals surface area (Å²) >= 11 is 6.53. The quantitative estimate of drug-likeness (QED) is 0.543. The Balaban J connectivity index is 1.83. The normalized spacial score (nSPS) is 10.8. The van der Waals surface area contributed by atoms with E-state index in [0.29, 0.717) is 27.6 Å². The van der Waals surface area contributed by atoms with Crippen molar-refractivity contribution in [3.63, 3.8) is 0 Å². The van der Waals surface area contributed by atoms with Gasteiger partial charge in [0.15, 0.2) is 0 Å². The minimum atomic E-state index is -0.324. The fraction of sp³-hybridized carbons (Fsp3) is 0.211. The van der Waals surface area contributed by atoms with E-state index in [-0.39, 0.29) is 23.4 Å². The molecule has 3 aromatic rings. The molecular weight excluding hydrogens is 478 g/mol. The molecule has 0 bridgehead atoms. The number of phenols is 1. The van der Waals surface area contributed by atoms with Crippen LogP contribution in [0.4, 0.5) is 0 Å². The number of nitrogens with zero attached hydrogens (tertiary/aromatic N) is 3. The van der Waals surface area contributed by atoms with Crippen molar-refractivity contribution in [2.24, 2.45) is 0 Å². The van der Waals surface area contributed by atoms with E-state index in [1.54, 1.807) is 17.0 Å². The number of aromatic nitrogens is 2. The monoisotopic (exact) mass is 493 g/mol. The summed E-state index contributed by atoms with van der Waals surface area (Å²) in [6.45, 7) is 4.89. The van der Waals surface area contributed by atoms with Crippen molar-refractivity contribution in [2.75, 3.05) is 6.54 Å². The van der Waals surface area contributed by atoms with Gasteiger partial charge in [0.2, 0.25) is 5.82 Å². The number of hydrogen-bond acceptors (Lipinski definition) is 5. The van der Waals surface area contributed by atoms with E-state index in [2.05, 4.69) is 42.0 Å². The van der Waals surface area contributed by atoms with Crippen molar-refractivity contribution < 1.29 is 14.4 Å². The zero-order valence-electron chi connectivity index (χ0n) is 14.7. The molecular formula is C19H17Br2N3O3. The molecule has 2 aromatic carbocycles. The second-order valence-corrected chi connectivity index (χ2v) is 7.73. The van der Waals surface area contributed by atoms with Gasteiger partial charge in [-0.05, 0) is 63.4 Å². The van der Waals surface area contributed by atoms with E-state index in [9.17, 15) is 9.90 Å². The summed E-state index contributed by atoms with van der Waals surface area (Å²) in [6, 6.07) is 11.3. The highest BCUT2D eigenvalue weighted by Gasteiger charge is 2.22. The maximum Gasteiger partial charge on any atom is 0.316 e. The standard InChI is InChI=1S/C19H17Br2N3O3/c1-3-24(10-12-6-4-5-11(2)7-12)19(26)18-22-17(23-27-18)13-8-14(20)16(25)15(21)9-13/h4-9,25H,3,10H2,1-2H3. The maximum atomic E-state index is 12.8. The van der Waals surface area contributed by atoms with Gasteiger partial charge in [-0.3, -0.25) is 4.79 Å². The van der Waals surface area contributed by atoms with Crippen LogP contribution >= 0.6 is 31.9 Å². The lowest BCUT2D eigenvalue weighted by atomic mass is 10.1. The van der Waals surface area contributed by atoms with Gasteiger partial charge in [-0.25, -0.2) is 0 Å². The van der Waals surface area contributed by atoms with Crippen LogP contribution in [-0.4, -0.2) is 32.6 Å². The molecule has 0 saturated heterocycles. The number of amides is 1. The lowest BCUT2D eigenvalue weighted by Crippen LogP contribution is -2.30. The number of hydrogen-bond donors (Lipinski definition) is 1. The topological polar surface area (TPSA) is 79.5 Å². The van der Waals surface area contributed by atoms with Crippen molar-refractivity contribution >= 4 is 37.8 Å². The molecule has 0 atom stereocenters. The SMILES string of the molecule is CCN(Cc1cccc(C)c1)C(=O)c1nc(-c2cc(Br)c(O)c(Br)c2)no1. The number of benzene rings is 2. The number of aryl methyl sites for hydroxylation is 1. The van der Waals surface area contributed by atoms with Gasteiger partial charge in [0.25, 0.3) is 0 Å². The molecule has 0 aliphatic rings. The second kappa shape index (κ2) is 8.22. The van der Waals surface area contributed by atoms with Crippen LogP contribution in [0, 0.1) is 6.92 Å². The third-order valence-corrected chi connectivity index (χ3v) is 5.22. The molecule has 27 heavy (non-hydrogen) atoms. The van der Waals surface area contributed by atoms with Crippen molar-refractivity contribution in [3.8, 4) is 17.1 Å². The van der Waals surface area contributed by atoms with Gasteiger partial charge in [-0.15, -0.1) is 0 Å². The first-order valence-corrected chi connectivity index (χ1v) is 9.84. The van der Waals surface area contributed by atoms with E-state index in [0.717, 1.165) is 11.1 Å². The van der Waals surface area contributed by atoms with Gasteiger partial charge in [0, 0.05) is 18.7 Å². The van der Waals surface area contributed by atoms with E-state index in [4.69, 9.17) is 4.52 Å². The number of carbonyl (C=O) groups is 1. The summed E-state index contributed by atoms with van der Waals surface area (Å²) in [5.74, 6) is -0.0466. The van der Waals surface area contributed by atoms with Gasteiger partial charge in [0.05, 0.1) is 8.95 Å². The highest BCUT2D eigenvalue weighted by Crippen LogP contribution is 2.36. The van der Waals surface area contributed by atoms with Crippen LogP contribution < -0.4 is 0 Å². The van der Waals surface area contributed by atoms with E-state index in [1.807, 2.05) is 38.1 Å². The minimum absolute atomic E-state index is 0.0696. The van der Waals surface area contributed by atoms with Gasteiger partial charge in [-0.1, -0.05) is 35.0 Å². The van der Waals surface area contributed by atoms with Crippen LogP contribution in [0.2, 0.25) is 0 Å². The molecule has 1 aromatic heterocycles. The van der Waals surface area contributed by atoms with Crippen LogP contribution in [0.25, 0.3) is 11.4 Å². The average Bonchev–Trinajstić information content (AvgIpc) is 3.13. The Labute approximate surface area is 173 Å². The summed E-state index contributed by atoms with van der Waals surface area (Å²) in [5, 5.41) is 13.7. The van der Waals surface area contributed by atoms with Crippen LogP contribution in [0.15, 0.2) is 49.9 Å². The molecule has 0 radical (unpaired) electrons. The first-order chi connectivity index (χ1) is 12.9. The number of carbonyl (C=O) groups excluding carboxylic acids is 1. The van der Waals surface area contributed by atoms with Crippen molar-refractivity contribution in [1.82, 2.24) is 15.0 Å². The van der Waals surface area contributed by atoms with E-state index >= 15 is 0 Å². The predicted molar refractivity (Wildman–Crippen MR) is 108 cm³/mol. The molecule has 8 heteroatoms. The van der Waals surface area contributed by atoms with Crippen molar-refractivity contribution in [1.29, 1.82) is 0 Å². The van der Waals surface area contributed by atoms with E-state index in [1.165, 1.54) is 0 Å². The van der Waals surface area contributed by atoms with Crippen LogP contribution in [0.3, 0.4) is 0 Å². The third kappa shape index (κ3) is 4.39. The third-order valence-electron chi connectivity index (χ3n) is 4.01. The van der Waals surface area contributed by atoms with Crippen LogP contribution in [0.1, 0.15) is 28.7 Å². The average molecular weight is 495 g/mol. The fourth-order valence-corrected chi connectivity index (χ4v) is 3.80. The molecule has 3 rings (SSSR count). The number of rotatable bonds is 5. The molecule has 0 fully saturated rings. The number of aromatic hydroxyl groups is 1. The molecule has 0 aliphatic heterocycles. The van der Waals surface area contributed by atoms with Gasteiger partial charge >= 0.3 is 11.8 Å². The largest absolute Gasteiger partial charge is 0.506 e. The highest BCUT2D eigenvalue weighted by molar-refractivity contribution is 9.11. The second-order valence-electron chi connectivity index (χ2n) is 6.02. The van der Waals surface area contributed by atoms with Crippen LogP contribution in [0.5, 0.6) is 5.75 Å². The molecule has 0 spiro atoms. The van der Waals surface area contributed by atoms with Crippen molar-refractivity contribution in [3.05, 3.63) is 62.4 Å². The van der Waals surface area contributed by atoms with Gasteiger partial charge in [0.1, 0.15) is 5.75 Å². The molecule has 0 unspecified atom stereocenters. The number of phenolic OH excluding ortho intramolecular Hbond substituents is 1. The highest BCUT2D eigenvalue weighted by atomic mass is 79.9. The number of halogens is 2. The molecule has 0 saturated carbocycles. The smallest absolute Gasteiger partial charge is 0.316 e. The van der Waals surface area contributed by atoms with Gasteiger partial charge in [-0.2, -0.15) is 4.98 Å². The maximum absolute atomic E-state index is 12.8. The lowest BCUT2D eigenvalue weighted by Gasteiger charge is -2.19. The molecule has 6 nitrogen and oxygen atoms in total. The Morgan fingerprint density at radius 3 is 2.56 bits per heavy atom.